The highest BCUT2D eigenvalue weighted by molar-refractivity contribution is 8.01. The lowest BCUT2D eigenvalue weighted by molar-refractivity contribution is 0.416. The smallest absolute Gasteiger partial charge is 0.180 e. The van der Waals surface area contributed by atoms with Gasteiger partial charge in [-0.2, -0.15) is 0 Å². The van der Waals surface area contributed by atoms with E-state index in [1.807, 2.05) is 12.4 Å². The highest BCUT2D eigenvalue weighted by atomic mass is 31.2. The molecule has 0 unspecified atom stereocenters. The van der Waals surface area contributed by atoms with E-state index in [1.165, 1.54) is 21.2 Å². The molecule has 3 heteroatoms. The highest BCUT2D eigenvalue weighted by Gasteiger charge is 2.49. The second-order valence-corrected chi connectivity index (χ2v) is 9.60. The van der Waals surface area contributed by atoms with Gasteiger partial charge in [0.1, 0.15) is 23.2 Å². The summed E-state index contributed by atoms with van der Waals surface area (Å²) in [5, 5.41) is 5.08. The van der Waals surface area contributed by atoms with Gasteiger partial charge in [-0.25, -0.2) is 0 Å². The molecule has 4 aromatic rings. The fourth-order valence-corrected chi connectivity index (χ4v) is 7.98. The van der Waals surface area contributed by atoms with Gasteiger partial charge in [-0.15, -0.1) is 0 Å². The average Bonchev–Trinajstić information content (AvgIpc) is 2.77. The molecule has 0 aliphatic carbocycles. The summed E-state index contributed by atoms with van der Waals surface area (Å²) in [6.45, 7) is 0. The second kappa shape index (κ2) is 7.73. The Bertz CT molecular complexity index is 907. The molecule has 4 rings (SSSR count). The quantitative estimate of drug-likeness (QED) is 0.500. The van der Waals surface area contributed by atoms with Crippen LogP contribution in [-0.2, 0) is 0 Å². The van der Waals surface area contributed by atoms with Crippen molar-refractivity contribution in [1.29, 1.82) is 0 Å². The van der Waals surface area contributed by atoms with Gasteiger partial charge in [-0.1, -0.05) is 54.6 Å². The summed E-state index contributed by atoms with van der Waals surface area (Å²) in [7, 11) is -0.406. The number of hydrogen-bond donors (Lipinski definition) is 0. The molecule has 0 aliphatic rings. The summed E-state index contributed by atoms with van der Waals surface area (Å²) in [5.74, 6) is 0.822. The molecule has 2 nitrogen and oxygen atoms in total. The number of methoxy groups -OCH3 is 1. The number of nitrogens with zero attached hydrogens (tertiary/aromatic N) is 1. The van der Waals surface area contributed by atoms with Crippen LogP contribution in [0.4, 0.5) is 0 Å². The molecule has 1 heterocycles. The SMILES string of the molecule is COc1cnccc1[P+](c1ccccc1)(c1ccccc1)c1ccccc1. The topological polar surface area (TPSA) is 22.1 Å². The molecular weight excluding hydrogens is 349 g/mol. The Labute approximate surface area is 160 Å². The van der Waals surface area contributed by atoms with Gasteiger partial charge in [0, 0.05) is 12.3 Å². The van der Waals surface area contributed by atoms with Crippen molar-refractivity contribution in [2.75, 3.05) is 7.11 Å². The second-order valence-electron chi connectivity index (χ2n) is 6.22. The van der Waals surface area contributed by atoms with Gasteiger partial charge in [0.05, 0.1) is 13.3 Å². The molecule has 0 amide bonds. The molecule has 27 heavy (non-hydrogen) atoms. The molecule has 132 valence electrons. The van der Waals surface area contributed by atoms with E-state index in [4.69, 9.17) is 4.74 Å². The average molecular weight is 370 g/mol. The molecule has 0 saturated carbocycles. The number of ether oxygens (including phenoxy) is 1. The van der Waals surface area contributed by atoms with Crippen molar-refractivity contribution in [3.05, 3.63) is 109 Å². The van der Waals surface area contributed by atoms with E-state index in [0.717, 1.165) is 5.75 Å². The van der Waals surface area contributed by atoms with Gasteiger partial charge >= 0.3 is 0 Å². The summed E-state index contributed by atoms with van der Waals surface area (Å²) >= 11 is 0. The number of hydrogen-bond acceptors (Lipinski definition) is 2. The minimum atomic E-state index is -2.12. The zero-order valence-electron chi connectivity index (χ0n) is 15.2. The van der Waals surface area contributed by atoms with Crippen LogP contribution in [0.2, 0.25) is 0 Å². The van der Waals surface area contributed by atoms with Gasteiger partial charge in [0.2, 0.25) is 0 Å². The lowest BCUT2D eigenvalue weighted by atomic mass is 10.3. The van der Waals surface area contributed by atoms with Crippen LogP contribution < -0.4 is 26.0 Å². The summed E-state index contributed by atoms with van der Waals surface area (Å²) in [4.78, 5) is 4.30. The zero-order valence-corrected chi connectivity index (χ0v) is 16.1. The maximum Gasteiger partial charge on any atom is 0.180 e. The normalized spacial score (nSPS) is 11.1. The van der Waals surface area contributed by atoms with E-state index in [2.05, 4.69) is 102 Å². The first-order valence-electron chi connectivity index (χ1n) is 8.92. The van der Waals surface area contributed by atoms with Gasteiger partial charge in [-0.05, 0) is 36.4 Å². The van der Waals surface area contributed by atoms with Crippen LogP contribution in [0, 0.1) is 0 Å². The van der Waals surface area contributed by atoms with Crippen molar-refractivity contribution in [3.8, 4) is 5.75 Å². The predicted molar refractivity (Wildman–Crippen MR) is 116 cm³/mol. The molecule has 0 radical (unpaired) electrons. The van der Waals surface area contributed by atoms with E-state index in [1.54, 1.807) is 7.11 Å². The van der Waals surface area contributed by atoms with Crippen molar-refractivity contribution in [1.82, 2.24) is 4.98 Å². The van der Waals surface area contributed by atoms with Crippen LogP contribution >= 0.6 is 7.26 Å². The van der Waals surface area contributed by atoms with E-state index >= 15 is 0 Å². The molecule has 0 atom stereocenters. The Balaban J connectivity index is 2.17. The van der Waals surface area contributed by atoms with E-state index in [0.29, 0.717) is 0 Å². The minimum Gasteiger partial charge on any atom is -0.491 e. The van der Waals surface area contributed by atoms with Crippen LogP contribution in [0.3, 0.4) is 0 Å². The van der Waals surface area contributed by atoms with Crippen molar-refractivity contribution in [2.45, 2.75) is 0 Å². The van der Waals surface area contributed by atoms with Gasteiger partial charge in [0.25, 0.3) is 0 Å². The highest BCUT2D eigenvalue weighted by Crippen LogP contribution is 2.55. The largest absolute Gasteiger partial charge is 0.491 e. The molecule has 0 spiro atoms. The Morgan fingerprint density at radius 1 is 0.630 bits per heavy atom. The summed E-state index contributed by atoms with van der Waals surface area (Å²) in [6.07, 6.45) is 3.68. The first kappa shape index (κ1) is 17.5. The van der Waals surface area contributed by atoms with Crippen molar-refractivity contribution < 1.29 is 4.74 Å². The van der Waals surface area contributed by atoms with E-state index < -0.39 is 7.26 Å². The molecule has 0 saturated heterocycles. The number of pyridine rings is 1. The van der Waals surface area contributed by atoms with E-state index in [9.17, 15) is 0 Å². The van der Waals surface area contributed by atoms with Crippen LogP contribution in [0.5, 0.6) is 5.75 Å². The van der Waals surface area contributed by atoms with Crippen molar-refractivity contribution >= 4 is 28.5 Å². The lowest BCUT2D eigenvalue weighted by Crippen LogP contribution is -2.39. The Kier molecular flexibility index (Phi) is 5.00. The fraction of sp³-hybridized carbons (Fsp3) is 0.0417. The van der Waals surface area contributed by atoms with Crippen molar-refractivity contribution in [2.24, 2.45) is 0 Å². The summed E-state index contributed by atoms with van der Waals surface area (Å²) in [6, 6.07) is 34.4. The first-order valence-corrected chi connectivity index (χ1v) is 10.7. The Morgan fingerprint density at radius 3 is 1.48 bits per heavy atom. The fourth-order valence-electron chi connectivity index (χ4n) is 3.63. The summed E-state index contributed by atoms with van der Waals surface area (Å²) in [5.41, 5.74) is 0. The monoisotopic (exact) mass is 370 g/mol. The summed E-state index contributed by atoms with van der Waals surface area (Å²) < 4.78 is 5.78. The maximum atomic E-state index is 5.78. The predicted octanol–water partition coefficient (Wildman–Crippen LogP) is 3.71. The number of rotatable bonds is 5. The molecule has 0 bridgehead atoms. The number of benzene rings is 3. The van der Waals surface area contributed by atoms with E-state index in [-0.39, 0.29) is 0 Å². The molecule has 3 aromatic carbocycles. The third-order valence-corrected chi connectivity index (χ3v) is 9.08. The Morgan fingerprint density at radius 2 is 1.07 bits per heavy atom. The molecule has 0 fully saturated rings. The third kappa shape index (κ3) is 3.03. The molecule has 0 N–H and O–H groups in total. The Hall–Kier alpha value is -2.96. The van der Waals surface area contributed by atoms with Crippen LogP contribution in [0.15, 0.2) is 109 Å². The minimum absolute atomic E-state index is 0.822. The van der Waals surface area contributed by atoms with Gasteiger partial charge < -0.3 is 4.74 Å². The number of aromatic nitrogens is 1. The van der Waals surface area contributed by atoms with Crippen LogP contribution in [-0.4, -0.2) is 12.1 Å². The molecule has 1 aromatic heterocycles. The first-order chi connectivity index (χ1) is 13.4. The maximum absolute atomic E-state index is 5.78. The lowest BCUT2D eigenvalue weighted by Gasteiger charge is -2.28. The van der Waals surface area contributed by atoms with Crippen LogP contribution in [0.1, 0.15) is 0 Å². The van der Waals surface area contributed by atoms with Crippen molar-refractivity contribution in [3.63, 3.8) is 0 Å². The zero-order chi connectivity index (χ0) is 18.5. The molecule has 0 aliphatic heterocycles. The third-order valence-electron chi connectivity index (χ3n) is 4.77. The molecular formula is C24H21NOP+. The van der Waals surface area contributed by atoms with Crippen LogP contribution in [0.25, 0.3) is 0 Å². The standard InChI is InChI=1S/C24H21NOP/c1-26-23-19-25-18-17-24(23)27(20-11-5-2-6-12-20,21-13-7-3-8-14-21)22-15-9-4-10-16-22/h2-19H,1H3/q+1. The van der Waals surface area contributed by atoms with Gasteiger partial charge in [-0.3, -0.25) is 4.98 Å². The van der Waals surface area contributed by atoms with Gasteiger partial charge in [0.15, 0.2) is 11.1 Å².